The van der Waals surface area contributed by atoms with E-state index in [0.717, 1.165) is 33.9 Å². The van der Waals surface area contributed by atoms with Crippen LogP contribution in [0.1, 0.15) is 0 Å². The first kappa shape index (κ1) is 29.4. The summed E-state index contributed by atoms with van der Waals surface area (Å²) in [6.45, 7) is 0. The van der Waals surface area contributed by atoms with Crippen LogP contribution < -0.4 is 4.90 Å². The minimum atomic E-state index is 1.08. The quantitative estimate of drug-likeness (QED) is 0.176. The molecule has 3 aromatic heterocycles. The van der Waals surface area contributed by atoms with Gasteiger partial charge in [0.1, 0.15) is 0 Å². The summed E-state index contributed by atoms with van der Waals surface area (Å²) >= 11 is 1.80. The second kappa shape index (κ2) is 12.1. The van der Waals surface area contributed by atoms with Crippen LogP contribution in [0.3, 0.4) is 0 Å². The van der Waals surface area contributed by atoms with Crippen molar-refractivity contribution in [3.05, 3.63) is 188 Å². The number of aromatic nitrogens is 2. The predicted molar refractivity (Wildman–Crippen MR) is 217 cm³/mol. The first-order chi connectivity index (χ1) is 25.3. The number of fused-ring (bicyclic) bond motifs is 6. The molecule has 0 amide bonds. The van der Waals surface area contributed by atoms with E-state index in [1.807, 2.05) is 12.4 Å². The summed E-state index contributed by atoms with van der Waals surface area (Å²) in [4.78, 5) is 7.03. The van der Waals surface area contributed by atoms with Crippen LogP contribution in [0, 0.1) is 0 Å². The number of rotatable bonds is 6. The normalized spacial score (nSPS) is 11.5. The van der Waals surface area contributed by atoms with E-state index in [4.69, 9.17) is 0 Å². The van der Waals surface area contributed by atoms with E-state index < -0.39 is 0 Å². The number of anilines is 3. The van der Waals surface area contributed by atoms with Crippen LogP contribution in [-0.4, -0.2) is 9.55 Å². The summed E-state index contributed by atoms with van der Waals surface area (Å²) in [6, 6.07) is 63.3. The van der Waals surface area contributed by atoms with Crippen molar-refractivity contribution < 1.29 is 0 Å². The first-order valence-corrected chi connectivity index (χ1v) is 18.0. The lowest BCUT2D eigenvalue weighted by atomic mass is 10.0. The number of benzene rings is 7. The summed E-state index contributed by atoms with van der Waals surface area (Å²) in [7, 11) is 0. The molecule has 7 aromatic carbocycles. The van der Waals surface area contributed by atoms with Gasteiger partial charge in [-0.25, -0.2) is 0 Å². The maximum absolute atomic E-state index is 4.65. The number of hydrogen-bond acceptors (Lipinski definition) is 3. The maximum atomic E-state index is 4.65. The van der Waals surface area contributed by atoms with Crippen molar-refractivity contribution in [3.63, 3.8) is 0 Å². The highest BCUT2D eigenvalue weighted by atomic mass is 32.1. The fourth-order valence-corrected chi connectivity index (χ4v) is 8.64. The van der Waals surface area contributed by atoms with Crippen molar-refractivity contribution in [1.82, 2.24) is 9.55 Å². The molecule has 0 bridgehead atoms. The highest BCUT2D eigenvalue weighted by Crippen LogP contribution is 2.43. The standard InChI is InChI=1S/C47H31N3S/c1-3-12-32(13-4-1)34-14-11-17-37(28-34)49(36-24-22-33(23-25-36)42-30-48-31-46-47(42)41-19-8-10-21-45(41)51-46)38-26-27-40-39-18-7-9-20-43(39)50(44(40)29-38)35-15-5-2-6-16-35/h1-31H. The number of nitrogens with zero attached hydrogens (tertiary/aromatic N) is 3. The Hall–Kier alpha value is -6.49. The van der Waals surface area contributed by atoms with Crippen LogP contribution in [0.2, 0.25) is 0 Å². The average Bonchev–Trinajstić information content (AvgIpc) is 3.75. The summed E-state index contributed by atoms with van der Waals surface area (Å²) in [6.07, 6.45) is 4.00. The Morgan fingerprint density at radius 3 is 1.94 bits per heavy atom. The van der Waals surface area contributed by atoms with Crippen LogP contribution in [0.5, 0.6) is 0 Å². The molecule has 10 aromatic rings. The Kier molecular flexibility index (Phi) is 7.00. The first-order valence-electron chi connectivity index (χ1n) is 17.2. The molecule has 0 fully saturated rings. The molecule has 0 N–H and O–H groups in total. The highest BCUT2D eigenvalue weighted by Gasteiger charge is 2.19. The lowest BCUT2D eigenvalue weighted by Gasteiger charge is -2.26. The van der Waals surface area contributed by atoms with Crippen molar-refractivity contribution in [3.8, 4) is 27.9 Å². The van der Waals surface area contributed by atoms with E-state index in [2.05, 4.69) is 190 Å². The van der Waals surface area contributed by atoms with Gasteiger partial charge in [0, 0.05) is 67.0 Å². The van der Waals surface area contributed by atoms with Gasteiger partial charge in [-0.2, -0.15) is 0 Å². The van der Waals surface area contributed by atoms with Gasteiger partial charge >= 0.3 is 0 Å². The Morgan fingerprint density at radius 1 is 0.431 bits per heavy atom. The molecular weight excluding hydrogens is 639 g/mol. The van der Waals surface area contributed by atoms with E-state index in [1.54, 1.807) is 11.3 Å². The zero-order valence-corrected chi connectivity index (χ0v) is 28.5. The second-order valence-electron chi connectivity index (χ2n) is 12.8. The van der Waals surface area contributed by atoms with Crippen LogP contribution in [0.25, 0.3) is 69.9 Å². The molecule has 0 aliphatic rings. The van der Waals surface area contributed by atoms with E-state index in [9.17, 15) is 0 Å². The third kappa shape index (κ3) is 5.00. The van der Waals surface area contributed by atoms with Gasteiger partial charge in [-0.15, -0.1) is 11.3 Å². The molecule has 10 rings (SSSR count). The molecule has 0 atom stereocenters. The number of hydrogen-bond donors (Lipinski definition) is 0. The van der Waals surface area contributed by atoms with Gasteiger partial charge in [0.2, 0.25) is 0 Å². The van der Waals surface area contributed by atoms with Crippen LogP contribution >= 0.6 is 11.3 Å². The minimum Gasteiger partial charge on any atom is -0.310 e. The van der Waals surface area contributed by atoms with Crippen molar-refractivity contribution in [2.24, 2.45) is 0 Å². The monoisotopic (exact) mass is 669 g/mol. The number of thiophene rings is 1. The molecule has 240 valence electrons. The van der Waals surface area contributed by atoms with E-state index in [-0.39, 0.29) is 0 Å². The fraction of sp³-hybridized carbons (Fsp3) is 0. The summed E-state index contributed by atoms with van der Waals surface area (Å²) in [5.41, 5.74) is 11.5. The highest BCUT2D eigenvalue weighted by molar-refractivity contribution is 7.25. The number of pyridine rings is 1. The molecular formula is C47H31N3S. The van der Waals surface area contributed by atoms with Gasteiger partial charge in [0.05, 0.1) is 15.7 Å². The van der Waals surface area contributed by atoms with Crippen molar-refractivity contribution in [2.45, 2.75) is 0 Å². The Morgan fingerprint density at radius 2 is 1.10 bits per heavy atom. The molecule has 3 nitrogen and oxygen atoms in total. The predicted octanol–water partition coefficient (Wildman–Crippen LogP) is 13.4. The summed E-state index contributed by atoms with van der Waals surface area (Å²) in [5.74, 6) is 0. The Bertz CT molecular complexity index is 2850. The molecule has 0 unspecified atom stereocenters. The van der Waals surface area contributed by atoms with E-state index in [1.165, 1.54) is 53.1 Å². The number of para-hydroxylation sites is 2. The molecule has 0 radical (unpaired) electrons. The Labute approximate surface area is 299 Å². The lowest BCUT2D eigenvalue weighted by molar-refractivity contribution is 1.18. The van der Waals surface area contributed by atoms with Gasteiger partial charge in [0.25, 0.3) is 0 Å². The third-order valence-corrected chi connectivity index (χ3v) is 11.0. The zero-order valence-electron chi connectivity index (χ0n) is 27.6. The molecule has 0 spiro atoms. The molecule has 0 saturated heterocycles. The van der Waals surface area contributed by atoms with Crippen LogP contribution in [-0.2, 0) is 0 Å². The molecule has 3 heterocycles. The van der Waals surface area contributed by atoms with Crippen molar-refractivity contribution in [1.29, 1.82) is 0 Å². The van der Waals surface area contributed by atoms with Crippen molar-refractivity contribution >= 4 is 70.4 Å². The molecule has 0 aliphatic heterocycles. The molecule has 0 aliphatic carbocycles. The molecule has 4 heteroatoms. The third-order valence-electron chi connectivity index (χ3n) is 9.87. The van der Waals surface area contributed by atoms with Gasteiger partial charge in [-0.05, 0) is 77.4 Å². The summed E-state index contributed by atoms with van der Waals surface area (Å²) in [5, 5.41) is 5.02. The van der Waals surface area contributed by atoms with Gasteiger partial charge in [0.15, 0.2) is 0 Å². The minimum absolute atomic E-state index is 1.08. The maximum Gasteiger partial charge on any atom is 0.0561 e. The average molecular weight is 670 g/mol. The molecule has 0 saturated carbocycles. The van der Waals surface area contributed by atoms with Crippen LogP contribution in [0.15, 0.2) is 188 Å². The SMILES string of the molecule is c1ccc(-c2cccc(N(c3ccc(-c4cncc5sc6ccccc6c45)cc3)c3ccc4c5ccccc5n(-c5ccccc5)c4c3)c2)cc1. The van der Waals surface area contributed by atoms with Gasteiger partial charge < -0.3 is 9.47 Å². The van der Waals surface area contributed by atoms with Gasteiger partial charge in [-0.1, -0.05) is 115 Å². The van der Waals surface area contributed by atoms with Crippen LogP contribution in [0.4, 0.5) is 17.1 Å². The second-order valence-corrected chi connectivity index (χ2v) is 13.9. The van der Waals surface area contributed by atoms with E-state index in [0.29, 0.717) is 0 Å². The van der Waals surface area contributed by atoms with E-state index >= 15 is 0 Å². The molecule has 51 heavy (non-hydrogen) atoms. The summed E-state index contributed by atoms with van der Waals surface area (Å²) < 4.78 is 4.87. The lowest BCUT2D eigenvalue weighted by Crippen LogP contribution is -2.10. The largest absolute Gasteiger partial charge is 0.310 e. The smallest absolute Gasteiger partial charge is 0.0561 e. The topological polar surface area (TPSA) is 21.1 Å². The fourth-order valence-electron chi connectivity index (χ4n) is 7.54. The Balaban J connectivity index is 1.16. The zero-order chi connectivity index (χ0) is 33.7. The van der Waals surface area contributed by atoms with Gasteiger partial charge in [-0.3, -0.25) is 4.98 Å². The van der Waals surface area contributed by atoms with Crippen molar-refractivity contribution in [2.75, 3.05) is 4.90 Å².